The number of hydrogen-bond donors (Lipinski definition) is 1. The second-order valence-corrected chi connectivity index (χ2v) is 4.48. The predicted molar refractivity (Wildman–Crippen MR) is 66.0 cm³/mol. The number of hydrogen-bond acceptors (Lipinski definition) is 2. The van der Waals surface area contributed by atoms with Gasteiger partial charge in [0.05, 0.1) is 13.1 Å². The summed E-state index contributed by atoms with van der Waals surface area (Å²) in [6.07, 6.45) is 0. The molecule has 2 rings (SSSR count). The van der Waals surface area contributed by atoms with Gasteiger partial charge in [0.1, 0.15) is 12.4 Å². The molecular formula is C13H18N2O2. The van der Waals surface area contributed by atoms with Crippen LogP contribution < -0.4 is 10.1 Å². The zero-order chi connectivity index (χ0) is 12.3. The molecule has 0 aromatic heterocycles. The number of carbonyl (C=O) groups is 1. The Hall–Kier alpha value is -1.71. The summed E-state index contributed by atoms with van der Waals surface area (Å²) in [4.78, 5) is 13.7. The van der Waals surface area contributed by atoms with E-state index in [0.29, 0.717) is 19.7 Å². The first-order chi connectivity index (χ1) is 8.16. The lowest BCUT2D eigenvalue weighted by atomic mass is 10.2. The molecule has 0 spiro atoms. The van der Waals surface area contributed by atoms with Gasteiger partial charge >= 0.3 is 6.03 Å². The van der Waals surface area contributed by atoms with Gasteiger partial charge in [-0.25, -0.2) is 4.79 Å². The summed E-state index contributed by atoms with van der Waals surface area (Å²) in [5.41, 5.74) is 1.06. The van der Waals surface area contributed by atoms with E-state index in [1.165, 1.54) is 0 Å². The average Bonchev–Trinajstić information content (AvgIpc) is 2.49. The summed E-state index contributed by atoms with van der Waals surface area (Å²) < 4.78 is 5.61. The number of fused-ring (bicyclic) bond motifs is 1. The van der Waals surface area contributed by atoms with Crippen LogP contribution in [-0.2, 0) is 6.54 Å². The van der Waals surface area contributed by atoms with Crippen molar-refractivity contribution in [3.8, 4) is 5.75 Å². The first-order valence-corrected chi connectivity index (χ1v) is 5.93. The molecule has 0 bridgehead atoms. The zero-order valence-corrected chi connectivity index (χ0v) is 10.3. The van der Waals surface area contributed by atoms with Crippen LogP contribution >= 0.6 is 0 Å². The van der Waals surface area contributed by atoms with Crippen LogP contribution in [-0.4, -0.2) is 30.1 Å². The van der Waals surface area contributed by atoms with Crippen LogP contribution in [0.4, 0.5) is 4.79 Å². The van der Waals surface area contributed by atoms with E-state index in [4.69, 9.17) is 4.74 Å². The molecule has 0 unspecified atom stereocenters. The van der Waals surface area contributed by atoms with Crippen molar-refractivity contribution in [2.45, 2.75) is 26.4 Å². The second kappa shape index (κ2) is 5.08. The van der Waals surface area contributed by atoms with Crippen molar-refractivity contribution < 1.29 is 9.53 Å². The minimum absolute atomic E-state index is 0.0275. The Morgan fingerprint density at radius 1 is 1.41 bits per heavy atom. The van der Waals surface area contributed by atoms with Gasteiger partial charge in [0.25, 0.3) is 0 Å². The lowest BCUT2D eigenvalue weighted by molar-refractivity contribution is 0.185. The van der Waals surface area contributed by atoms with Gasteiger partial charge in [-0.05, 0) is 19.9 Å². The first kappa shape index (κ1) is 11.8. The monoisotopic (exact) mass is 234 g/mol. The fourth-order valence-corrected chi connectivity index (χ4v) is 1.84. The average molecular weight is 234 g/mol. The van der Waals surface area contributed by atoms with Crippen LogP contribution in [0.3, 0.4) is 0 Å². The van der Waals surface area contributed by atoms with E-state index in [1.54, 1.807) is 4.90 Å². The molecule has 1 N–H and O–H groups in total. The lowest BCUT2D eigenvalue weighted by Crippen LogP contribution is -2.43. The Morgan fingerprint density at radius 2 is 2.18 bits per heavy atom. The number of benzene rings is 1. The molecule has 1 aliphatic rings. The molecule has 92 valence electrons. The zero-order valence-electron chi connectivity index (χ0n) is 10.3. The standard InChI is InChI=1S/C13H18N2O2/c1-10(2)14-13(16)15-7-8-17-12-6-4-3-5-11(12)9-15/h3-6,10H,7-9H2,1-2H3,(H,14,16). The molecule has 1 heterocycles. The number of ether oxygens (including phenoxy) is 1. The highest BCUT2D eigenvalue weighted by Gasteiger charge is 2.19. The minimum atomic E-state index is -0.0275. The molecule has 1 aliphatic heterocycles. The Morgan fingerprint density at radius 3 is 2.94 bits per heavy atom. The van der Waals surface area contributed by atoms with Gasteiger partial charge in [-0.3, -0.25) is 0 Å². The van der Waals surface area contributed by atoms with Gasteiger partial charge in [-0.1, -0.05) is 18.2 Å². The summed E-state index contributed by atoms with van der Waals surface area (Å²) >= 11 is 0. The van der Waals surface area contributed by atoms with Crippen molar-refractivity contribution in [2.75, 3.05) is 13.2 Å². The summed E-state index contributed by atoms with van der Waals surface area (Å²) in [5.74, 6) is 0.882. The smallest absolute Gasteiger partial charge is 0.318 e. The second-order valence-electron chi connectivity index (χ2n) is 4.48. The molecule has 17 heavy (non-hydrogen) atoms. The molecule has 0 saturated heterocycles. The molecule has 2 amide bonds. The number of nitrogens with zero attached hydrogens (tertiary/aromatic N) is 1. The summed E-state index contributed by atoms with van der Waals surface area (Å²) in [5, 5.41) is 2.90. The number of para-hydroxylation sites is 1. The van der Waals surface area contributed by atoms with Crippen LogP contribution in [0.25, 0.3) is 0 Å². The number of rotatable bonds is 1. The molecule has 1 aromatic carbocycles. The number of nitrogens with one attached hydrogen (secondary N) is 1. The Labute approximate surface area is 102 Å². The first-order valence-electron chi connectivity index (χ1n) is 5.93. The predicted octanol–water partition coefficient (Wildman–Crippen LogP) is 2.00. The topological polar surface area (TPSA) is 41.6 Å². The third-order valence-corrected chi connectivity index (χ3v) is 2.65. The molecule has 0 fully saturated rings. The minimum Gasteiger partial charge on any atom is -0.491 e. The van der Waals surface area contributed by atoms with E-state index in [1.807, 2.05) is 38.1 Å². The molecule has 4 heteroatoms. The van der Waals surface area contributed by atoms with Crippen LogP contribution in [0.15, 0.2) is 24.3 Å². The molecule has 4 nitrogen and oxygen atoms in total. The largest absolute Gasteiger partial charge is 0.491 e. The maximum Gasteiger partial charge on any atom is 0.318 e. The van der Waals surface area contributed by atoms with Crippen LogP contribution in [0.1, 0.15) is 19.4 Å². The quantitative estimate of drug-likeness (QED) is 0.807. The summed E-state index contributed by atoms with van der Waals surface area (Å²) in [6, 6.07) is 7.98. The summed E-state index contributed by atoms with van der Waals surface area (Å²) in [7, 11) is 0. The van der Waals surface area contributed by atoms with Gasteiger partial charge in [0, 0.05) is 11.6 Å². The highest BCUT2D eigenvalue weighted by molar-refractivity contribution is 5.74. The van der Waals surface area contributed by atoms with Gasteiger partial charge in [0.2, 0.25) is 0 Å². The van der Waals surface area contributed by atoms with Gasteiger partial charge in [0.15, 0.2) is 0 Å². The summed E-state index contributed by atoms with van der Waals surface area (Å²) in [6.45, 7) is 5.69. The van der Waals surface area contributed by atoms with Crippen molar-refractivity contribution >= 4 is 6.03 Å². The Bertz CT molecular complexity index is 404. The normalized spacial score (nSPS) is 14.9. The Balaban J connectivity index is 2.10. The molecule has 0 aliphatic carbocycles. The van der Waals surface area contributed by atoms with E-state index in [0.717, 1.165) is 11.3 Å². The van der Waals surface area contributed by atoms with Gasteiger partial charge in [-0.2, -0.15) is 0 Å². The van der Waals surface area contributed by atoms with E-state index in [-0.39, 0.29) is 12.1 Å². The van der Waals surface area contributed by atoms with E-state index in [9.17, 15) is 4.79 Å². The van der Waals surface area contributed by atoms with Crippen LogP contribution in [0, 0.1) is 0 Å². The Kier molecular flexibility index (Phi) is 3.52. The van der Waals surface area contributed by atoms with Crippen molar-refractivity contribution in [2.24, 2.45) is 0 Å². The van der Waals surface area contributed by atoms with Crippen LogP contribution in [0.2, 0.25) is 0 Å². The van der Waals surface area contributed by atoms with Crippen molar-refractivity contribution in [1.29, 1.82) is 0 Å². The van der Waals surface area contributed by atoms with E-state index < -0.39 is 0 Å². The molecular weight excluding hydrogens is 216 g/mol. The van der Waals surface area contributed by atoms with Crippen LogP contribution in [0.5, 0.6) is 5.75 Å². The third kappa shape index (κ3) is 2.90. The third-order valence-electron chi connectivity index (χ3n) is 2.65. The fraction of sp³-hybridized carbons (Fsp3) is 0.462. The van der Waals surface area contributed by atoms with Crippen molar-refractivity contribution in [3.63, 3.8) is 0 Å². The molecule has 0 saturated carbocycles. The maximum absolute atomic E-state index is 11.9. The molecule has 0 radical (unpaired) electrons. The van der Waals surface area contributed by atoms with Gasteiger partial charge < -0.3 is 15.0 Å². The fourth-order valence-electron chi connectivity index (χ4n) is 1.84. The van der Waals surface area contributed by atoms with E-state index >= 15 is 0 Å². The van der Waals surface area contributed by atoms with Crippen molar-refractivity contribution in [1.82, 2.24) is 10.2 Å². The molecule has 1 aromatic rings. The highest BCUT2D eigenvalue weighted by Crippen LogP contribution is 2.22. The highest BCUT2D eigenvalue weighted by atomic mass is 16.5. The maximum atomic E-state index is 11.9. The number of amides is 2. The molecule has 0 atom stereocenters. The lowest BCUT2D eigenvalue weighted by Gasteiger charge is -2.21. The SMILES string of the molecule is CC(C)NC(=O)N1CCOc2ccccc2C1. The number of carbonyl (C=O) groups excluding carboxylic acids is 1. The van der Waals surface area contributed by atoms with E-state index in [2.05, 4.69) is 5.32 Å². The van der Waals surface area contributed by atoms with Crippen molar-refractivity contribution in [3.05, 3.63) is 29.8 Å². The van der Waals surface area contributed by atoms with Gasteiger partial charge in [-0.15, -0.1) is 0 Å². The number of urea groups is 1.